The van der Waals surface area contributed by atoms with E-state index in [0.717, 1.165) is 18.4 Å². The van der Waals surface area contributed by atoms with E-state index in [1.165, 1.54) is 4.90 Å². The maximum Gasteiger partial charge on any atom is 0.326 e. The predicted molar refractivity (Wildman–Crippen MR) is 68.7 cm³/mol. The second kappa shape index (κ2) is 5.84. The Hall–Kier alpha value is -1.88. The molecule has 5 nitrogen and oxygen atoms in total. The van der Waals surface area contributed by atoms with E-state index in [9.17, 15) is 9.59 Å². The predicted octanol–water partition coefficient (Wildman–Crippen LogP) is 1.26. The summed E-state index contributed by atoms with van der Waals surface area (Å²) in [6.07, 6.45) is 2.18. The van der Waals surface area contributed by atoms with Gasteiger partial charge in [0.15, 0.2) is 0 Å². The van der Waals surface area contributed by atoms with E-state index in [0.29, 0.717) is 18.5 Å². The lowest BCUT2D eigenvalue weighted by atomic mass is 10.0. The van der Waals surface area contributed by atoms with Gasteiger partial charge < -0.3 is 15.1 Å². The van der Waals surface area contributed by atoms with Gasteiger partial charge in [-0.1, -0.05) is 12.1 Å². The summed E-state index contributed by atoms with van der Waals surface area (Å²) in [4.78, 5) is 24.9. The van der Waals surface area contributed by atoms with Crippen molar-refractivity contribution < 1.29 is 19.8 Å². The summed E-state index contributed by atoms with van der Waals surface area (Å²) in [5, 5.41) is 18.1. The highest BCUT2D eigenvalue weighted by atomic mass is 16.4. The number of likely N-dealkylation sites (tertiary alicyclic amines) is 1. The van der Waals surface area contributed by atoms with Gasteiger partial charge in [0.2, 0.25) is 0 Å². The van der Waals surface area contributed by atoms with Gasteiger partial charge in [-0.3, -0.25) is 4.79 Å². The molecule has 2 N–H and O–H groups in total. The van der Waals surface area contributed by atoms with Crippen molar-refractivity contribution in [1.82, 2.24) is 4.90 Å². The van der Waals surface area contributed by atoms with Crippen molar-refractivity contribution >= 4 is 11.9 Å². The number of hydrogen-bond acceptors (Lipinski definition) is 3. The van der Waals surface area contributed by atoms with E-state index in [1.54, 1.807) is 24.3 Å². The Kier molecular flexibility index (Phi) is 4.16. The molecule has 1 aliphatic rings. The number of aliphatic carboxylic acids is 1. The first-order valence-corrected chi connectivity index (χ1v) is 6.37. The van der Waals surface area contributed by atoms with Crippen LogP contribution < -0.4 is 0 Å². The zero-order valence-electron chi connectivity index (χ0n) is 10.6. The van der Waals surface area contributed by atoms with E-state index in [-0.39, 0.29) is 12.5 Å². The minimum atomic E-state index is -0.944. The van der Waals surface area contributed by atoms with Crippen LogP contribution in [0.2, 0.25) is 0 Å². The molecule has 1 aliphatic heterocycles. The lowest BCUT2D eigenvalue weighted by Crippen LogP contribution is -2.47. The second-order valence-electron chi connectivity index (χ2n) is 4.70. The van der Waals surface area contributed by atoms with E-state index in [2.05, 4.69) is 0 Å². The zero-order valence-corrected chi connectivity index (χ0v) is 10.6. The molecule has 0 saturated carbocycles. The molecule has 1 amide bonds. The Morgan fingerprint density at radius 3 is 2.47 bits per heavy atom. The van der Waals surface area contributed by atoms with Crippen LogP contribution in [0.15, 0.2) is 24.3 Å². The van der Waals surface area contributed by atoms with Crippen molar-refractivity contribution in [3.8, 4) is 0 Å². The Balaban J connectivity index is 2.18. The Morgan fingerprint density at radius 2 is 1.89 bits per heavy atom. The molecule has 0 aliphatic carbocycles. The fourth-order valence-corrected chi connectivity index (χ4v) is 2.35. The fourth-order valence-electron chi connectivity index (χ4n) is 2.35. The molecule has 2 rings (SSSR count). The number of benzene rings is 1. The molecule has 1 atom stereocenters. The standard InChI is InChI=1S/C14H17NO4/c16-9-10-4-6-11(7-5-10)13(17)15-8-2-1-3-12(15)14(18)19/h4-7,12,16H,1-3,8-9H2,(H,18,19)/t12-/m0/s1. The number of aliphatic hydroxyl groups excluding tert-OH is 1. The van der Waals surface area contributed by atoms with Gasteiger partial charge in [-0.25, -0.2) is 4.79 Å². The largest absolute Gasteiger partial charge is 0.480 e. The number of aliphatic hydroxyl groups is 1. The normalized spacial score (nSPS) is 19.2. The Labute approximate surface area is 111 Å². The maximum absolute atomic E-state index is 12.3. The Bertz CT molecular complexity index is 469. The zero-order chi connectivity index (χ0) is 13.8. The van der Waals surface area contributed by atoms with Crippen molar-refractivity contribution in [3.63, 3.8) is 0 Å². The van der Waals surface area contributed by atoms with Crippen LogP contribution in [0.5, 0.6) is 0 Å². The molecule has 5 heteroatoms. The summed E-state index contributed by atoms with van der Waals surface area (Å²) >= 11 is 0. The molecule has 19 heavy (non-hydrogen) atoms. The van der Waals surface area contributed by atoms with Crippen LogP contribution in [0, 0.1) is 0 Å². The van der Waals surface area contributed by atoms with E-state index in [4.69, 9.17) is 10.2 Å². The molecule has 1 fully saturated rings. The van der Waals surface area contributed by atoms with Crippen LogP contribution in [0.25, 0.3) is 0 Å². The lowest BCUT2D eigenvalue weighted by Gasteiger charge is -2.33. The molecule has 0 spiro atoms. The first kappa shape index (κ1) is 13.5. The van der Waals surface area contributed by atoms with Gasteiger partial charge in [-0.15, -0.1) is 0 Å². The molecule has 1 aromatic carbocycles. The number of nitrogens with zero attached hydrogens (tertiary/aromatic N) is 1. The first-order valence-electron chi connectivity index (χ1n) is 6.37. The number of amides is 1. The third-order valence-corrected chi connectivity index (χ3v) is 3.43. The number of hydrogen-bond donors (Lipinski definition) is 2. The fraction of sp³-hybridized carbons (Fsp3) is 0.429. The van der Waals surface area contributed by atoms with E-state index < -0.39 is 12.0 Å². The summed E-state index contributed by atoms with van der Waals surface area (Å²) in [6.45, 7) is 0.410. The van der Waals surface area contributed by atoms with Crippen LogP contribution in [0.3, 0.4) is 0 Å². The van der Waals surface area contributed by atoms with Crippen LogP contribution in [-0.2, 0) is 11.4 Å². The van der Waals surface area contributed by atoms with Crippen molar-refractivity contribution in [2.24, 2.45) is 0 Å². The molecule has 1 aromatic rings. The molecular weight excluding hydrogens is 246 g/mol. The third-order valence-electron chi connectivity index (χ3n) is 3.43. The van der Waals surface area contributed by atoms with Gasteiger partial charge in [-0.05, 0) is 37.0 Å². The minimum absolute atomic E-state index is 0.0735. The highest BCUT2D eigenvalue weighted by Crippen LogP contribution is 2.20. The van der Waals surface area contributed by atoms with Crippen molar-refractivity contribution in [3.05, 3.63) is 35.4 Å². The lowest BCUT2D eigenvalue weighted by molar-refractivity contribution is -0.143. The molecule has 1 heterocycles. The number of rotatable bonds is 3. The molecule has 0 unspecified atom stereocenters. The SMILES string of the molecule is O=C(O)[C@@H]1CCCCN1C(=O)c1ccc(CO)cc1. The van der Waals surface area contributed by atoms with Crippen molar-refractivity contribution in [2.45, 2.75) is 31.9 Å². The molecule has 1 saturated heterocycles. The highest BCUT2D eigenvalue weighted by Gasteiger charge is 2.32. The van der Waals surface area contributed by atoms with Gasteiger partial charge in [0.05, 0.1) is 6.61 Å². The van der Waals surface area contributed by atoms with Crippen LogP contribution in [0.4, 0.5) is 0 Å². The van der Waals surface area contributed by atoms with Gasteiger partial charge in [0.1, 0.15) is 6.04 Å². The summed E-state index contributed by atoms with van der Waals surface area (Å²) in [5.74, 6) is -1.20. The quantitative estimate of drug-likeness (QED) is 0.860. The van der Waals surface area contributed by atoms with Crippen molar-refractivity contribution in [2.75, 3.05) is 6.54 Å². The van der Waals surface area contributed by atoms with Crippen LogP contribution >= 0.6 is 0 Å². The summed E-state index contributed by atoms with van der Waals surface area (Å²) < 4.78 is 0. The topological polar surface area (TPSA) is 77.8 Å². The smallest absolute Gasteiger partial charge is 0.326 e. The van der Waals surface area contributed by atoms with E-state index >= 15 is 0 Å². The highest BCUT2D eigenvalue weighted by molar-refractivity contribution is 5.96. The minimum Gasteiger partial charge on any atom is -0.480 e. The number of carboxylic acids is 1. The molecule has 102 valence electrons. The first-order chi connectivity index (χ1) is 9.13. The molecule has 0 bridgehead atoms. The van der Waals surface area contributed by atoms with Gasteiger partial charge >= 0.3 is 5.97 Å². The number of piperidine rings is 1. The third kappa shape index (κ3) is 2.93. The number of carbonyl (C=O) groups is 2. The van der Waals surface area contributed by atoms with Crippen molar-refractivity contribution in [1.29, 1.82) is 0 Å². The summed E-state index contributed by atoms with van der Waals surface area (Å²) in [5.41, 5.74) is 1.19. The number of carboxylic acid groups (broad SMARTS) is 1. The molecular formula is C14H17NO4. The van der Waals surface area contributed by atoms with Gasteiger partial charge in [0.25, 0.3) is 5.91 Å². The van der Waals surface area contributed by atoms with Crippen LogP contribution in [0.1, 0.15) is 35.2 Å². The van der Waals surface area contributed by atoms with Gasteiger partial charge in [0, 0.05) is 12.1 Å². The average molecular weight is 263 g/mol. The monoisotopic (exact) mass is 263 g/mol. The molecule has 0 aromatic heterocycles. The van der Waals surface area contributed by atoms with E-state index in [1.807, 2.05) is 0 Å². The Morgan fingerprint density at radius 1 is 1.21 bits per heavy atom. The summed E-state index contributed by atoms with van der Waals surface area (Å²) in [6, 6.07) is 5.88. The van der Waals surface area contributed by atoms with Gasteiger partial charge in [-0.2, -0.15) is 0 Å². The second-order valence-corrected chi connectivity index (χ2v) is 4.70. The van der Waals surface area contributed by atoms with Crippen LogP contribution in [-0.4, -0.2) is 39.6 Å². The average Bonchev–Trinajstić information content (AvgIpc) is 2.46. The number of carbonyl (C=O) groups excluding carboxylic acids is 1. The maximum atomic E-state index is 12.3. The molecule has 0 radical (unpaired) electrons. The summed E-state index contributed by atoms with van der Waals surface area (Å²) in [7, 11) is 0.